The maximum Gasteiger partial charge on any atom is 0.0794 e. The molecule has 1 nitrogen and oxygen atoms in total. The predicted molar refractivity (Wildman–Crippen MR) is 65.2 cm³/mol. The van der Waals surface area contributed by atoms with Crippen LogP contribution >= 0.6 is 27.3 Å². The molecule has 3 unspecified atom stereocenters. The van der Waals surface area contributed by atoms with Gasteiger partial charge in [0.1, 0.15) is 0 Å². The summed E-state index contributed by atoms with van der Waals surface area (Å²) in [6.45, 7) is 2.30. The van der Waals surface area contributed by atoms with E-state index in [1.807, 2.05) is 5.51 Å². The number of alkyl halides is 1. The second-order valence-electron chi connectivity index (χ2n) is 4.10. The first kappa shape index (κ1) is 10.6. The van der Waals surface area contributed by atoms with Gasteiger partial charge in [0.05, 0.1) is 11.2 Å². The Morgan fingerprint density at radius 3 is 3.07 bits per heavy atom. The molecule has 1 aromatic heterocycles. The van der Waals surface area contributed by atoms with Crippen LogP contribution in [-0.4, -0.2) is 9.81 Å². The van der Waals surface area contributed by atoms with Crippen molar-refractivity contribution < 1.29 is 0 Å². The first-order valence-electron chi connectivity index (χ1n) is 5.33. The van der Waals surface area contributed by atoms with Crippen molar-refractivity contribution >= 4 is 27.3 Å². The zero-order chi connectivity index (χ0) is 9.97. The highest BCUT2D eigenvalue weighted by Crippen LogP contribution is 2.41. The van der Waals surface area contributed by atoms with Crippen LogP contribution in [0.25, 0.3) is 0 Å². The van der Waals surface area contributed by atoms with E-state index >= 15 is 0 Å². The first-order chi connectivity index (χ1) is 6.81. The minimum Gasteiger partial charge on any atom is -0.249 e. The Labute approximate surface area is 98.1 Å². The summed E-state index contributed by atoms with van der Waals surface area (Å²) < 4.78 is 0. The van der Waals surface area contributed by atoms with E-state index in [4.69, 9.17) is 0 Å². The van der Waals surface area contributed by atoms with Gasteiger partial charge in [0, 0.05) is 16.1 Å². The number of hydrogen-bond acceptors (Lipinski definition) is 2. The second-order valence-corrected chi connectivity index (χ2v) is 6.11. The second kappa shape index (κ2) is 4.75. The fourth-order valence-corrected chi connectivity index (χ4v) is 3.72. The number of rotatable bonds is 2. The summed E-state index contributed by atoms with van der Waals surface area (Å²) in [6, 6.07) is 0. The summed E-state index contributed by atoms with van der Waals surface area (Å²) in [5.41, 5.74) is 3.28. The van der Waals surface area contributed by atoms with Gasteiger partial charge in [0.15, 0.2) is 0 Å². The first-order valence-corrected chi connectivity index (χ1v) is 7.19. The smallest absolute Gasteiger partial charge is 0.0794 e. The summed E-state index contributed by atoms with van der Waals surface area (Å²) in [5.74, 6) is 1.55. The minimum absolute atomic E-state index is 0.698. The lowest BCUT2D eigenvalue weighted by Crippen LogP contribution is -2.23. The van der Waals surface area contributed by atoms with Crippen molar-refractivity contribution in [3.05, 3.63) is 16.6 Å². The molecule has 0 N–H and O–H groups in total. The van der Waals surface area contributed by atoms with Crippen LogP contribution in [0.4, 0.5) is 0 Å². The third kappa shape index (κ3) is 2.19. The Balaban J connectivity index is 2.13. The third-order valence-electron chi connectivity index (χ3n) is 3.29. The fraction of sp³-hybridized carbons (Fsp3) is 0.727. The van der Waals surface area contributed by atoms with Crippen molar-refractivity contribution in [1.82, 2.24) is 4.98 Å². The summed E-state index contributed by atoms with van der Waals surface area (Å²) in [4.78, 5) is 5.18. The maximum absolute atomic E-state index is 4.47. The molecule has 1 heterocycles. The molecule has 3 atom stereocenters. The molecular weight excluding hydrogens is 258 g/mol. The Hall–Kier alpha value is 0.110. The van der Waals surface area contributed by atoms with E-state index in [1.54, 1.807) is 11.3 Å². The number of aromatic nitrogens is 1. The Morgan fingerprint density at radius 2 is 2.43 bits per heavy atom. The van der Waals surface area contributed by atoms with E-state index in [9.17, 15) is 0 Å². The monoisotopic (exact) mass is 273 g/mol. The van der Waals surface area contributed by atoms with E-state index in [-0.39, 0.29) is 0 Å². The highest BCUT2D eigenvalue weighted by atomic mass is 79.9. The zero-order valence-corrected chi connectivity index (χ0v) is 10.9. The molecule has 0 amide bonds. The zero-order valence-electron chi connectivity index (χ0n) is 8.45. The average molecular weight is 274 g/mol. The van der Waals surface area contributed by atoms with Gasteiger partial charge in [-0.25, -0.2) is 4.98 Å². The van der Waals surface area contributed by atoms with Crippen molar-refractivity contribution in [2.75, 3.05) is 0 Å². The Kier molecular flexibility index (Phi) is 3.61. The molecule has 1 saturated carbocycles. The molecule has 0 bridgehead atoms. The van der Waals surface area contributed by atoms with E-state index < -0.39 is 0 Å². The predicted octanol–water partition coefficient (Wildman–Crippen LogP) is 4.20. The molecule has 1 fully saturated rings. The molecule has 1 aromatic rings. The van der Waals surface area contributed by atoms with Gasteiger partial charge in [-0.3, -0.25) is 0 Å². The van der Waals surface area contributed by atoms with E-state index in [0.29, 0.717) is 10.7 Å². The summed E-state index contributed by atoms with van der Waals surface area (Å²) >= 11 is 5.47. The number of halogens is 1. The SMILES string of the molecule is CCC1CCC(Br)CC1c1cscn1. The Bertz CT molecular complexity index is 273. The van der Waals surface area contributed by atoms with Gasteiger partial charge in [-0.05, 0) is 25.2 Å². The minimum atomic E-state index is 0.698. The molecular formula is C11H16BrNS. The lowest BCUT2D eigenvalue weighted by Gasteiger charge is -2.32. The largest absolute Gasteiger partial charge is 0.249 e. The van der Waals surface area contributed by atoms with Crippen molar-refractivity contribution in [3.63, 3.8) is 0 Å². The van der Waals surface area contributed by atoms with Gasteiger partial charge in [-0.15, -0.1) is 11.3 Å². The molecule has 3 heteroatoms. The molecule has 1 aliphatic carbocycles. The van der Waals surface area contributed by atoms with Gasteiger partial charge in [-0.2, -0.15) is 0 Å². The average Bonchev–Trinajstić information content (AvgIpc) is 2.70. The van der Waals surface area contributed by atoms with Crippen LogP contribution in [0, 0.1) is 5.92 Å². The van der Waals surface area contributed by atoms with Crippen molar-refractivity contribution in [3.8, 4) is 0 Å². The van der Waals surface area contributed by atoms with Crippen molar-refractivity contribution in [2.45, 2.75) is 43.4 Å². The normalized spacial score (nSPS) is 33.1. The quantitative estimate of drug-likeness (QED) is 0.736. The maximum atomic E-state index is 4.47. The van der Waals surface area contributed by atoms with Crippen LogP contribution in [0.3, 0.4) is 0 Å². The van der Waals surface area contributed by atoms with E-state index in [2.05, 4.69) is 33.2 Å². The van der Waals surface area contributed by atoms with Crippen LogP contribution in [0.2, 0.25) is 0 Å². The lowest BCUT2D eigenvalue weighted by atomic mass is 9.76. The highest BCUT2D eigenvalue weighted by Gasteiger charge is 2.30. The van der Waals surface area contributed by atoms with Crippen LogP contribution in [-0.2, 0) is 0 Å². The van der Waals surface area contributed by atoms with Crippen LogP contribution in [0.1, 0.15) is 44.2 Å². The molecule has 0 radical (unpaired) electrons. The molecule has 78 valence electrons. The number of thiazole rings is 1. The fourth-order valence-electron chi connectivity index (χ4n) is 2.44. The van der Waals surface area contributed by atoms with E-state index in [1.165, 1.54) is 31.4 Å². The number of hydrogen-bond donors (Lipinski definition) is 0. The van der Waals surface area contributed by atoms with Crippen molar-refractivity contribution in [2.24, 2.45) is 5.92 Å². The van der Waals surface area contributed by atoms with Crippen LogP contribution in [0.5, 0.6) is 0 Å². The number of nitrogens with zero attached hydrogens (tertiary/aromatic N) is 1. The third-order valence-corrected chi connectivity index (χ3v) is 4.72. The van der Waals surface area contributed by atoms with Gasteiger partial charge in [-0.1, -0.05) is 29.3 Å². The molecule has 0 spiro atoms. The summed E-state index contributed by atoms with van der Waals surface area (Å²) in [5, 5.41) is 2.22. The highest BCUT2D eigenvalue weighted by molar-refractivity contribution is 9.09. The molecule has 0 saturated heterocycles. The summed E-state index contributed by atoms with van der Waals surface area (Å²) in [7, 11) is 0. The van der Waals surface area contributed by atoms with Gasteiger partial charge >= 0.3 is 0 Å². The van der Waals surface area contributed by atoms with Gasteiger partial charge < -0.3 is 0 Å². The van der Waals surface area contributed by atoms with Crippen LogP contribution < -0.4 is 0 Å². The molecule has 2 rings (SSSR count). The van der Waals surface area contributed by atoms with Crippen molar-refractivity contribution in [1.29, 1.82) is 0 Å². The lowest BCUT2D eigenvalue weighted by molar-refractivity contribution is 0.304. The molecule has 0 aliphatic heterocycles. The van der Waals surface area contributed by atoms with Gasteiger partial charge in [0.2, 0.25) is 0 Å². The molecule has 14 heavy (non-hydrogen) atoms. The van der Waals surface area contributed by atoms with Crippen LogP contribution in [0.15, 0.2) is 10.9 Å². The molecule has 0 aromatic carbocycles. The summed E-state index contributed by atoms with van der Waals surface area (Å²) in [6.07, 6.45) is 5.25. The standard InChI is InChI=1S/C11H16BrNS/c1-2-8-3-4-9(12)5-10(8)11-6-14-7-13-11/h6-10H,2-5H2,1H3. The van der Waals surface area contributed by atoms with E-state index in [0.717, 1.165) is 5.92 Å². The van der Waals surface area contributed by atoms with Gasteiger partial charge in [0.25, 0.3) is 0 Å². The Morgan fingerprint density at radius 1 is 1.57 bits per heavy atom. The molecule has 1 aliphatic rings. The topological polar surface area (TPSA) is 12.9 Å².